The number of hydrogen-bond donors (Lipinski definition) is 0. The summed E-state index contributed by atoms with van der Waals surface area (Å²) in [4.78, 5) is 38.6. The van der Waals surface area contributed by atoms with Crippen molar-refractivity contribution in [3.8, 4) is 0 Å². The molecule has 2 amide bonds. The van der Waals surface area contributed by atoms with Crippen LogP contribution in [0, 0.1) is 33.8 Å². The Bertz CT molecular complexity index is 938. The van der Waals surface area contributed by atoms with Crippen molar-refractivity contribution in [2.75, 3.05) is 5.01 Å². The lowest BCUT2D eigenvalue weighted by molar-refractivity contribution is -0.384. The van der Waals surface area contributed by atoms with Crippen LogP contribution < -0.4 is 5.01 Å². The molecule has 9 nitrogen and oxygen atoms in total. The summed E-state index contributed by atoms with van der Waals surface area (Å²) in [5.74, 6) is -1.08. The summed E-state index contributed by atoms with van der Waals surface area (Å²) in [5, 5.41) is 21.7. The molecule has 146 valence electrons. The Balaban J connectivity index is 1.53. The first-order chi connectivity index (χ1) is 13.2. The minimum Gasteiger partial charge on any atom is -0.277 e. The first-order valence-corrected chi connectivity index (χ1v) is 9.53. The fourth-order valence-corrected chi connectivity index (χ4v) is 5.77. The number of carbonyl (C=O) groups is 2. The molecule has 3 fully saturated rings. The predicted octanol–water partition coefficient (Wildman–Crippen LogP) is 2.57. The van der Waals surface area contributed by atoms with Crippen LogP contribution in [0.1, 0.15) is 27.2 Å². The molecule has 28 heavy (non-hydrogen) atoms. The van der Waals surface area contributed by atoms with Gasteiger partial charge in [0.15, 0.2) is 0 Å². The Kier molecular flexibility index (Phi) is 3.31. The van der Waals surface area contributed by atoms with Gasteiger partial charge >= 0.3 is 0 Å². The third kappa shape index (κ3) is 2.01. The third-order valence-electron chi connectivity index (χ3n) is 6.65. The van der Waals surface area contributed by atoms with Gasteiger partial charge in [0, 0.05) is 11.6 Å². The molecule has 0 N–H and O–H groups in total. The van der Waals surface area contributed by atoms with Gasteiger partial charge in [-0.05, 0) is 45.1 Å². The lowest BCUT2D eigenvalue weighted by Crippen LogP contribution is -2.47. The zero-order chi connectivity index (χ0) is 20.0. The van der Waals surface area contributed by atoms with Crippen LogP contribution in [0.4, 0.5) is 11.4 Å². The summed E-state index contributed by atoms with van der Waals surface area (Å²) in [5.41, 5.74) is -0.212. The van der Waals surface area contributed by atoms with Gasteiger partial charge < -0.3 is 0 Å². The number of anilines is 1. The highest BCUT2D eigenvalue weighted by molar-refractivity contribution is 6.07. The zero-order valence-electron chi connectivity index (χ0n) is 15.8. The molecule has 2 aliphatic carbocycles. The summed E-state index contributed by atoms with van der Waals surface area (Å²) in [7, 11) is 0. The van der Waals surface area contributed by atoms with Gasteiger partial charge in [-0.3, -0.25) is 24.6 Å². The highest BCUT2D eigenvalue weighted by Gasteiger charge is 2.70. The Morgan fingerprint density at radius 3 is 2.39 bits per heavy atom. The van der Waals surface area contributed by atoms with E-state index in [1.807, 2.05) is 20.8 Å². The first-order valence-electron chi connectivity index (χ1n) is 9.53. The number of carbonyl (C=O) groups excluding carboxylic acids is 2. The fraction of sp³-hybridized carbons (Fsp3) is 0.579. The Morgan fingerprint density at radius 2 is 1.75 bits per heavy atom. The molecule has 0 unspecified atom stereocenters. The zero-order valence-corrected chi connectivity index (χ0v) is 15.8. The monoisotopic (exact) mass is 383 g/mol. The SMILES string of the molecule is CC(C)(C)N1C(=O)[C@@H]2[C@H]3C[C@@H]([C@@H]2C1=O)[C@H]1[C@H]3N=NN1c1ccccc1[N+](=O)[O-]. The summed E-state index contributed by atoms with van der Waals surface area (Å²) < 4.78 is 0. The number of fused-ring (bicyclic) bond motifs is 8. The molecule has 1 aromatic rings. The van der Waals surface area contributed by atoms with Gasteiger partial charge in [0.2, 0.25) is 11.8 Å². The first kappa shape index (κ1) is 17.3. The van der Waals surface area contributed by atoms with E-state index in [1.165, 1.54) is 11.0 Å². The topological polar surface area (TPSA) is 108 Å². The van der Waals surface area contributed by atoms with Gasteiger partial charge in [0.1, 0.15) is 5.69 Å². The van der Waals surface area contributed by atoms with E-state index in [1.54, 1.807) is 23.2 Å². The van der Waals surface area contributed by atoms with Crippen LogP contribution >= 0.6 is 0 Å². The number of benzene rings is 1. The molecule has 6 atom stereocenters. The van der Waals surface area contributed by atoms with E-state index >= 15 is 0 Å². The van der Waals surface area contributed by atoms with Gasteiger partial charge in [0.05, 0.1) is 28.8 Å². The van der Waals surface area contributed by atoms with Crippen LogP contribution in [0.25, 0.3) is 0 Å². The van der Waals surface area contributed by atoms with Crippen molar-refractivity contribution in [2.24, 2.45) is 34.0 Å². The Hall–Kier alpha value is -2.84. The van der Waals surface area contributed by atoms with Crippen LogP contribution in [0.5, 0.6) is 0 Å². The average molecular weight is 383 g/mol. The van der Waals surface area contributed by atoms with E-state index in [0.717, 1.165) is 6.42 Å². The molecule has 1 aromatic carbocycles. The summed E-state index contributed by atoms with van der Waals surface area (Å²) in [6.45, 7) is 5.60. The molecule has 9 heteroatoms. The number of nitro benzene ring substituents is 1. The summed E-state index contributed by atoms with van der Waals surface area (Å²) in [6.07, 6.45) is 0.732. The molecule has 5 rings (SSSR count). The summed E-state index contributed by atoms with van der Waals surface area (Å²) in [6, 6.07) is 6.02. The number of amides is 2. The van der Waals surface area contributed by atoms with Crippen LogP contribution in [-0.4, -0.2) is 39.3 Å². The van der Waals surface area contributed by atoms with Crippen molar-refractivity contribution in [2.45, 2.75) is 44.8 Å². The number of rotatable bonds is 2. The van der Waals surface area contributed by atoms with Crippen molar-refractivity contribution >= 4 is 23.2 Å². The van der Waals surface area contributed by atoms with E-state index in [-0.39, 0.29) is 53.3 Å². The smallest absolute Gasteiger partial charge is 0.277 e. The minimum absolute atomic E-state index is 0.0356. The molecular weight excluding hydrogens is 362 g/mol. The van der Waals surface area contributed by atoms with E-state index in [2.05, 4.69) is 10.3 Å². The van der Waals surface area contributed by atoms with Gasteiger partial charge in [-0.2, -0.15) is 5.11 Å². The maximum Gasteiger partial charge on any atom is 0.294 e. The van der Waals surface area contributed by atoms with E-state index in [0.29, 0.717) is 5.69 Å². The maximum atomic E-state index is 13.2. The van der Waals surface area contributed by atoms with Crippen LogP contribution in [-0.2, 0) is 9.59 Å². The normalized spacial score (nSPS) is 35.7. The Morgan fingerprint density at radius 1 is 1.11 bits per heavy atom. The average Bonchev–Trinajstić information content (AvgIpc) is 3.34. The standard InChI is InChI=1S/C19H21N5O4/c1-19(2,3)22-17(25)13-9-8-10(14(13)18(22)26)16-15(9)20-21-23(16)11-6-4-5-7-12(11)24(27)28/h4-7,9-10,13-16H,8H2,1-3H3/t9-,10+,13-,14+,15+,16+/m1/s1. The lowest BCUT2D eigenvalue weighted by Gasteiger charge is -2.33. The molecule has 2 heterocycles. The Labute approximate surface area is 161 Å². The van der Waals surface area contributed by atoms with Crippen molar-refractivity contribution < 1.29 is 14.5 Å². The van der Waals surface area contributed by atoms with Gasteiger partial charge in [0.25, 0.3) is 5.69 Å². The van der Waals surface area contributed by atoms with E-state index in [9.17, 15) is 19.7 Å². The quantitative estimate of drug-likeness (QED) is 0.443. The molecule has 0 spiro atoms. The fourth-order valence-electron chi connectivity index (χ4n) is 5.77. The van der Waals surface area contributed by atoms with Crippen molar-refractivity contribution in [3.05, 3.63) is 34.4 Å². The van der Waals surface area contributed by atoms with Gasteiger partial charge in [-0.25, -0.2) is 5.01 Å². The molecule has 0 aromatic heterocycles. The van der Waals surface area contributed by atoms with Crippen molar-refractivity contribution in [3.63, 3.8) is 0 Å². The highest BCUT2D eigenvalue weighted by Crippen LogP contribution is 2.61. The third-order valence-corrected chi connectivity index (χ3v) is 6.65. The molecule has 4 aliphatic rings. The highest BCUT2D eigenvalue weighted by atomic mass is 16.6. The minimum atomic E-state index is -0.563. The lowest BCUT2D eigenvalue weighted by atomic mass is 9.76. The maximum absolute atomic E-state index is 13.2. The largest absolute Gasteiger partial charge is 0.294 e. The van der Waals surface area contributed by atoms with Crippen molar-refractivity contribution in [1.82, 2.24) is 4.90 Å². The molecule has 1 saturated heterocycles. The van der Waals surface area contributed by atoms with Gasteiger partial charge in [-0.1, -0.05) is 17.4 Å². The van der Waals surface area contributed by atoms with Gasteiger partial charge in [-0.15, -0.1) is 0 Å². The molecule has 2 bridgehead atoms. The van der Waals surface area contributed by atoms with Crippen LogP contribution in [0.15, 0.2) is 34.6 Å². The second kappa shape index (κ2) is 5.36. The van der Waals surface area contributed by atoms with E-state index in [4.69, 9.17) is 0 Å². The predicted molar refractivity (Wildman–Crippen MR) is 98.2 cm³/mol. The number of hydrogen-bond acceptors (Lipinski definition) is 7. The van der Waals surface area contributed by atoms with Crippen molar-refractivity contribution in [1.29, 1.82) is 0 Å². The number of nitrogens with zero attached hydrogens (tertiary/aromatic N) is 5. The molecule has 2 aliphatic heterocycles. The number of likely N-dealkylation sites (tertiary alicyclic amines) is 1. The molecule has 2 saturated carbocycles. The molecular formula is C19H21N5O4. The number of imide groups is 1. The molecule has 0 radical (unpaired) electrons. The number of nitro groups is 1. The van der Waals surface area contributed by atoms with Crippen LogP contribution in [0.2, 0.25) is 0 Å². The summed E-state index contributed by atoms with van der Waals surface area (Å²) >= 11 is 0. The second-order valence-corrected chi connectivity index (χ2v) is 9.07. The number of para-hydroxylation sites is 2. The van der Waals surface area contributed by atoms with Crippen LogP contribution in [0.3, 0.4) is 0 Å². The van der Waals surface area contributed by atoms with E-state index < -0.39 is 10.5 Å². The second-order valence-electron chi connectivity index (χ2n) is 9.07.